The Balaban J connectivity index is 2.14. The largest absolute Gasteiger partial charge is 0.379 e. The number of para-hydroxylation sites is 1. The third-order valence-corrected chi connectivity index (χ3v) is 3.62. The number of nitrogens with zero attached hydrogens (tertiary/aromatic N) is 2. The lowest BCUT2D eigenvalue weighted by molar-refractivity contribution is 0.619. The van der Waals surface area contributed by atoms with Gasteiger partial charge in [0.2, 0.25) is 0 Å². The monoisotopic (exact) mass is 271 g/mol. The molecule has 1 aromatic carbocycles. The highest BCUT2D eigenvalue weighted by atomic mass is 15.3. The summed E-state index contributed by atoms with van der Waals surface area (Å²) in [7, 11) is 0. The third kappa shape index (κ3) is 3.21. The summed E-state index contributed by atoms with van der Waals surface area (Å²) in [5, 5.41) is 8.16. The van der Waals surface area contributed by atoms with Crippen molar-refractivity contribution in [2.45, 2.75) is 53.1 Å². The molecule has 2 aromatic rings. The van der Waals surface area contributed by atoms with Gasteiger partial charge in [-0.1, -0.05) is 39.0 Å². The highest BCUT2D eigenvalue weighted by molar-refractivity contribution is 5.52. The first-order valence-electron chi connectivity index (χ1n) is 7.54. The minimum absolute atomic E-state index is 0.529. The number of aromatic nitrogens is 2. The molecule has 108 valence electrons. The topological polar surface area (TPSA) is 29.9 Å². The van der Waals surface area contributed by atoms with Crippen LogP contribution in [0.4, 0.5) is 5.69 Å². The Morgan fingerprint density at radius 2 is 1.95 bits per heavy atom. The zero-order valence-electron chi connectivity index (χ0n) is 13.0. The molecule has 20 heavy (non-hydrogen) atoms. The van der Waals surface area contributed by atoms with Crippen LogP contribution in [-0.2, 0) is 19.5 Å². The minimum atomic E-state index is 0.529. The molecule has 1 N–H and O–H groups in total. The summed E-state index contributed by atoms with van der Waals surface area (Å²) in [6.07, 6.45) is 0.989. The molecule has 3 nitrogen and oxygen atoms in total. The summed E-state index contributed by atoms with van der Waals surface area (Å²) in [5.41, 5.74) is 5.01. The van der Waals surface area contributed by atoms with Crippen molar-refractivity contribution < 1.29 is 0 Å². The molecule has 3 heteroatoms. The van der Waals surface area contributed by atoms with Crippen molar-refractivity contribution in [3.63, 3.8) is 0 Å². The van der Waals surface area contributed by atoms with Crippen LogP contribution in [0.1, 0.15) is 50.6 Å². The van der Waals surface area contributed by atoms with Gasteiger partial charge in [0.1, 0.15) is 0 Å². The Morgan fingerprint density at radius 1 is 1.20 bits per heavy atom. The van der Waals surface area contributed by atoms with E-state index in [0.29, 0.717) is 5.92 Å². The summed E-state index contributed by atoms with van der Waals surface area (Å²) in [6.45, 7) is 10.5. The van der Waals surface area contributed by atoms with Crippen LogP contribution in [0.2, 0.25) is 0 Å². The molecular formula is C17H25N3. The van der Waals surface area contributed by atoms with Crippen LogP contribution in [0, 0.1) is 0 Å². The summed E-state index contributed by atoms with van der Waals surface area (Å²) in [6, 6.07) is 10.7. The predicted molar refractivity (Wildman–Crippen MR) is 85.1 cm³/mol. The smallest absolute Gasteiger partial charge is 0.0625 e. The van der Waals surface area contributed by atoms with Crippen molar-refractivity contribution in [2.75, 3.05) is 5.32 Å². The van der Waals surface area contributed by atoms with Crippen molar-refractivity contribution in [3.8, 4) is 0 Å². The van der Waals surface area contributed by atoms with Crippen LogP contribution in [0.15, 0.2) is 30.3 Å². The first-order valence-corrected chi connectivity index (χ1v) is 7.54. The molecule has 0 amide bonds. The molecule has 1 heterocycles. The number of hydrogen-bond acceptors (Lipinski definition) is 2. The van der Waals surface area contributed by atoms with Gasteiger partial charge in [-0.15, -0.1) is 0 Å². The molecule has 0 spiro atoms. The minimum Gasteiger partial charge on any atom is -0.379 e. The van der Waals surface area contributed by atoms with E-state index in [9.17, 15) is 0 Å². The molecule has 1 aromatic heterocycles. The number of anilines is 1. The summed E-state index contributed by atoms with van der Waals surface area (Å²) >= 11 is 0. The van der Waals surface area contributed by atoms with Gasteiger partial charge in [0, 0.05) is 12.2 Å². The fourth-order valence-corrected chi connectivity index (χ4v) is 2.45. The van der Waals surface area contributed by atoms with Crippen LogP contribution in [0.5, 0.6) is 0 Å². The zero-order valence-corrected chi connectivity index (χ0v) is 13.0. The molecule has 0 aliphatic heterocycles. The fourth-order valence-electron chi connectivity index (χ4n) is 2.45. The number of aryl methyl sites for hydroxylation is 2. The highest BCUT2D eigenvalue weighted by Gasteiger charge is 2.08. The summed E-state index contributed by atoms with van der Waals surface area (Å²) in [5.74, 6) is 0.529. The van der Waals surface area contributed by atoms with Crippen molar-refractivity contribution >= 4 is 5.69 Å². The molecule has 0 saturated heterocycles. The maximum Gasteiger partial charge on any atom is 0.0625 e. The van der Waals surface area contributed by atoms with E-state index in [1.54, 1.807) is 0 Å². The molecule has 0 radical (unpaired) electrons. The van der Waals surface area contributed by atoms with Crippen molar-refractivity contribution in [1.29, 1.82) is 0 Å². The Hall–Kier alpha value is -1.77. The number of nitrogens with one attached hydrogen (secondary N) is 1. The lowest BCUT2D eigenvalue weighted by Crippen LogP contribution is -2.09. The Bertz CT molecular complexity index is 555. The predicted octanol–water partition coefficient (Wildman–Crippen LogP) is 4.20. The van der Waals surface area contributed by atoms with E-state index in [1.165, 1.54) is 22.6 Å². The number of hydrogen-bond donors (Lipinski definition) is 1. The van der Waals surface area contributed by atoms with Crippen molar-refractivity contribution in [1.82, 2.24) is 9.78 Å². The normalized spacial score (nSPS) is 11.1. The third-order valence-electron chi connectivity index (χ3n) is 3.62. The Labute approximate surface area is 122 Å². The zero-order chi connectivity index (χ0) is 14.5. The lowest BCUT2D eigenvalue weighted by atomic mass is 10.0. The maximum absolute atomic E-state index is 4.59. The van der Waals surface area contributed by atoms with E-state index in [2.05, 4.69) is 73.1 Å². The average molecular weight is 271 g/mol. The van der Waals surface area contributed by atoms with E-state index in [1.807, 2.05) is 0 Å². The fraction of sp³-hybridized carbons (Fsp3) is 0.471. The van der Waals surface area contributed by atoms with E-state index >= 15 is 0 Å². The van der Waals surface area contributed by atoms with Crippen LogP contribution in [0.25, 0.3) is 0 Å². The quantitative estimate of drug-likeness (QED) is 0.853. The van der Waals surface area contributed by atoms with Gasteiger partial charge in [0.15, 0.2) is 0 Å². The Kier molecular flexibility index (Phi) is 4.83. The van der Waals surface area contributed by atoms with Crippen molar-refractivity contribution in [3.05, 3.63) is 47.3 Å². The van der Waals surface area contributed by atoms with E-state index in [0.717, 1.165) is 19.5 Å². The van der Waals surface area contributed by atoms with E-state index < -0.39 is 0 Å². The molecular weight excluding hydrogens is 246 g/mol. The van der Waals surface area contributed by atoms with Gasteiger partial charge in [0.05, 0.1) is 17.9 Å². The van der Waals surface area contributed by atoms with E-state index in [4.69, 9.17) is 0 Å². The first-order chi connectivity index (χ1) is 9.65. The molecule has 0 bridgehead atoms. The SMILES string of the molecule is CCc1cc(CNc2ccccc2C(C)C)n(CC)n1. The standard InChI is InChI=1S/C17H25N3/c1-5-14-11-15(20(6-2)19-14)12-18-17-10-8-7-9-16(17)13(3)4/h7-11,13,18H,5-6,12H2,1-4H3. The van der Waals surface area contributed by atoms with E-state index in [-0.39, 0.29) is 0 Å². The van der Waals surface area contributed by atoms with Crippen LogP contribution in [-0.4, -0.2) is 9.78 Å². The number of rotatable bonds is 6. The van der Waals surface area contributed by atoms with Crippen molar-refractivity contribution in [2.24, 2.45) is 0 Å². The maximum atomic E-state index is 4.59. The lowest BCUT2D eigenvalue weighted by Gasteiger charge is -2.14. The van der Waals surface area contributed by atoms with Crippen LogP contribution >= 0.6 is 0 Å². The second kappa shape index (κ2) is 6.60. The molecule has 0 fully saturated rings. The first kappa shape index (κ1) is 14.6. The van der Waals surface area contributed by atoms with Gasteiger partial charge >= 0.3 is 0 Å². The van der Waals surface area contributed by atoms with Gasteiger partial charge in [-0.05, 0) is 37.0 Å². The Morgan fingerprint density at radius 3 is 2.60 bits per heavy atom. The molecule has 0 aliphatic rings. The number of benzene rings is 1. The van der Waals surface area contributed by atoms with Crippen LogP contribution < -0.4 is 5.32 Å². The molecule has 0 atom stereocenters. The average Bonchev–Trinajstić information content (AvgIpc) is 2.87. The van der Waals surface area contributed by atoms with Gasteiger partial charge in [-0.2, -0.15) is 5.10 Å². The van der Waals surface area contributed by atoms with Gasteiger partial charge in [-0.25, -0.2) is 0 Å². The molecule has 2 rings (SSSR count). The second-order valence-electron chi connectivity index (χ2n) is 5.39. The molecule has 0 saturated carbocycles. The van der Waals surface area contributed by atoms with Crippen LogP contribution in [0.3, 0.4) is 0 Å². The highest BCUT2D eigenvalue weighted by Crippen LogP contribution is 2.24. The summed E-state index contributed by atoms with van der Waals surface area (Å²) in [4.78, 5) is 0. The van der Waals surface area contributed by atoms with Gasteiger partial charge in [-0.3, -0.25) is 4.68 Å². The molecule has 0 aliphatic carbocycles. The second-order valence-corrected chi connectivity index (χ2v) is 5.39. The summed E-state index contributed by atoms with van der Waals surface area (Å²) < 4.78 is 2.09. The molecule has 0 unspecified atom stereocenters. The van der Waals surface area contributed by atoms with Gasteiger partial charge < -0.3 is 5.32 Å². The van der Waals surface area contributed by atoms with Gasteiger partial charge in [0.25, 0.3) is 0 Å².